The van der Waals surface area contributed by atoms with E-state index < -0.39 is 7.60 Å². The van der Waals surface area contributed by atoms with Crippen molar-refractivity contribution in [3.8, 4) is 0 Å². The van der Waals surface area contributed by atoms with E-state index in [1.54, 1.807) is 0 Å². The highest BCUT2D eigenvalue weighted by Gasteiger charge is 2.13. The fourth-order valence-electron chi connectivity index (χ4n) is 0.857. The molecule has 2 N–H and O–H groups in total. The molecule has 5 nitrogen and oxygen atoms in total. The lowest BCUT2D eigenvalue weighted by atomic mass is 10.5. The van der Waals surface area contributed by atoms with E-state index >= 15 is 0 Å². The van der Waals surface area contributed by atoms with Crippen molar-refractivity contribution in [1.82, 2.24) is 4.90 Å². The minimum Gasteiger partial charge on any atom is -0.377 e. The predicted molar refractivity (Wildman–Crippen MR) is 55.5 cm³/mol. The van der Waals surface area contributed by atoms with Crippen LogP contribution >= 0.6 is 7.60 Å². The Bertz CT molecular complexity index is 192. The number of likely N-dealkylation sites (N-methyl/N-ethyl adjacent to an activating group) is 1. The molecule has 0 aromatic carbocycles. The van der Waals surface area contributed by atoms with E-state index in [1.165, 1.54) is 0 Å². The van der Waals surface area contributed by atoms with E-state index in [9.17, 15) is 4.57 Å². The molecule has 0 saturated carbocycles. The van der Waals surface area contributed by atoms with Gasteiger partial charge in [0.15, 0.2) is 0 Å². The van der Waals surface area contributed by atoms with Gasteiger partial charge < -0.3 is 19.4 Å². The van der Waals surface area contributed by atoms with Gasteiger partial charge in [0.1, 0.15) is 0 Å². The quantitative estimate of drug-likeness (QED) is 0.618. The monoisotopic (exact) mass is 225 g/mol. The molecule has 0 unspecified atom stereocenters. The summed E-state index contributed by atoms with van der Waals surface area (Å²) in [6.45, 7) is 5.59. The third-order valence-electron chi connectivity index (χ3n) is 1.70. The van der Waals surface area contributed by atoms with Gasteiger partial charge >= 0.3 is 7.60 Å². The third kappa shape index (κ3) is 10.2. The Morgan fingerprint density at radius 2 is 1.93 bits per heavy atom. The van der Waals surface area contributed by atoms with Crippen molar-refractivity contribution in [1.29, 1.82) is 0 Å². The molecule has 0 heterocycles. The van der Waals surface area contributed by atoms with Gasteiger partial charge in [-0.15, -0.1) is 0 Å². The van der Waals surface area contributed by atoms with Crippen LogP contribution in [0.15, 0.2) is 0 Å². The fourth-order valence-corrected chi connectivity index (χ4v) is 1.46. The molecule has 0 amide bonds. The molecule has 0 fully saturated rings. The zero-order chi connectivity index (χ0) is 11.2. The molecule has 6 heteroatoms. The second-order valence-corrected chi connectivity index (χ2v) is 5.39. The first kappa shape index (κ1) is 14.1. The Morgan fingerprint density at radius 1 is 1.36 bits per heavy atom. The van der Waals surface area contributed by atoms with Crippen LogP contribution in [-0.4, -0.2) is 53.7 Å². The summed E-state index contributed by atoms with van der Waals surface area (Å²) in [6.07, 6.45) is 0.107. The van der Waals surface area contributed by atoms with Crippen molar-refractivity contribution >= 4 is 7.60 Å². The summed E-state index contributed by atoms with van der Waals surface area (Å²) >= 11 is 0. The number of ether oxygens (including phenoxy) is 1. The maximum Gasteiger partial charge on any atom is 0.326 e. The number of hydrogen-bond acceptors (Lipinski definition) is 3. The van der Waals surface area contributed by atoms with Crippen LogP contribution in [0.4, 0.5) is 0 Å². The van der Waals surface area contributed by atoms with Gasteiger partial charge in [0.05, 0.1) is 18.9 Å². The molecular formula is C8H20NO4P. The molecule has 0 saturated heterocycles. The smallest absolute Gasteiger partial charge is 0.326 e. The van der Waals surface area contributed by atoms with Crippen LogP contribution in [0, 0.1) is 0 Å². The van der Waals surface area contributed by atoms with Crippen molar-refractivity contribution in [2.75, 3.05) is 32.9 Å². The first-order chi connectivity index (χ1) is 6.31. The zero-order valence-corrected chi connectivity index (χ0v) is 9.91. The lowest BCUT2D eigenvalue weighted by molar-refractivity contribution is 0.0646. The molecule has 0 rings (SSSR count). The number of hydrogen-bond donors (Lipinski definition) is 2. The molecule has 0 aliphatic rings. The highest BCUT2D eigenvalue weighted by Crippen LogP contribution is 2.33. The van der Waals surface area contributed by atoms with Crippen LogP contribution < -0.4 is 0 Å². The van der Waals surface area contributed by atoms with Crippen molar-refractivity contribution in [2.45, 2.75) is 20.0 Å². The van der Waals surface area contributed by atoms with Gasteiger partial charge in [-0.25, -0.2) is 0 Å². The number of nitrogens with zero attached hydrogens (tertiary/aromatic N) is 1. The maximum atomic E-state index is 10.6. The molecular weight excluding hydrogens is 205 g/mol. The minimum atomic E-state index is -3.85. The van der Waals surface area contributed by atoms with E-state index in [0.29, 0.717) is 19.7 Å². The SMILES string of the molecule is CC(C)OCCN(C)CCP(=O)(O)O. The fraction of sp³-hybridized carbons (Fsp3) is 1.00. The number of rotatable bonds is 7. The van der Waals surface area contributed by atoms with Crippen molar-refractivity contribution in [2.24, 2.45) is 0 Å². The van der Waals surface area contributed by atoms with Crippen LogP contribution in [0.5, 0.6) is 0 Å². The summed E-state index contributed by atoms with van der Waals surface area (Å²) < 4.78 is 15.9. The van der Waals surface area contributed by atoms with E-state index in [0.717, 1.165) is 0 Å². The lowest BCUT2D eigenvalue weighted by Crippen LogP contribution is -2.27. The maximum absolute atomic E-state index is 10.6. The Kier molecular flexibility index (Phi) is 6.57. The third-order valence-corrected chi connectivity index (χ3v) is 2.48. The second kappa shape index (κ2) is 6.53. The summed E-state index contributed by atoms with van der Waals surface area (Å²) in [5.41, 5.74) is 0. The van der Waals surface area contributed by atoms with Gasteiger partial charge in [0, 0.05) is 13.1 Å². The van der Waals surface area contributed by atoms with Gasteiger partial charge in [-0.1, -0.05) is 0 Å². The Labute approximate surface area is 85.2 Å². The largest absolute Gasteiger partial charge is 0.377 e. The van der Waals surface area contributed by atoms with Crippen molar-refractivity contribution < 1.29 is 19.1 Å². The predicted octanol–water partition coefficient (Wildman–Crippen LogP) is 0.521. The average Bonchev–Trinajstić information content (AvgIpc) is 1.99. The Morgan fingerprint density at radius 3 is 2.36 bits per heavy atom. The van der Waals surface area contributed by atoms with Gasteiger partial charge in [0.25, 0.3) is 0 Å². The molecule has 0 bridgehead atoms. The lowest BCUT2D eigenvalue weighted by Gasteiger charge is -2.17. The van der Waals surface area contributed by atoms with E-state index in [2.05, 4.69) is 0 Å². The van der Waals surface area contributed by atoms with Crippen molar-refractivity contribution in [3.63, 3.8) is 0 Å². The average molecular weight is 225 g/mol. The molecule has 0 aliphatic heterocycles. The zero-order valence-electron chi connectivity index (χ0n) is 9.01. The first-order valence-corrected chi connectivity index (χ1v) is 6.46. The standard InChI is InChI=1S/C8H20NO4P/c1-8(2)13-6-4-9(3)5-7-14(10,11)12/h8H,4-7H2,1-3H3,(H2,10,11,12). The summed E-state index contributed by atoms with van der Waals surface area (Å²) in [4.78, 5) is 19.1. The molecule has 0 aromatic rings. The second-order valence-electron chi connectivity index (χ2n) is 3.61. The molecule has 0 spiro atoms. The normalized spacial score (nSPS) is 12.8. The van der Waals surface area contributed by atoms with Crippen LogP contribution in [0.3, 0.4) is 0 Å². The summed E-state index contributed by atoms with van der Waals surface area (Å²) in [6, 6.07) is 0. The van der Waals surface area contributed by atoms with E-state index in [1.807, 2.05) is 25.8 Å². The van der Waals surface area contributed by atoms with Gasteiger partial charge in [-0.2, -0.15) is 0 Å². The summed E-state index contributed by atoms with van der Waals surface area (Å²) in [5.74, 6) is 0. The molecule has 0 radical (unpaired) electrons. The van der Waals surface area contributed by atoms with Crippen LogP contribution in [-0.2, 0) is 9.30 Å². The minimum absolute atomic E-state index is 0.0921. The van der Waals surface area contributed by atoms with Crippen LogP contribution in [0.1, 0.15) is 13.8 Å². The summed E-state index contributed by atoms with van der Waals surface area (Å²) in [7, 11) is -2.03. The van der Waals surface area contributed by atoms with Crippen LogP contribution in [0.2, 0.25) is 0 Å². The first-order valence-electron chi connectivity index (χ1n) is 4.66. The topological polar surface area (TPSA) is 70.0 Å². The van der Waals surface area contributed by atoms with Gasteiger partial charge in [-0.3, -0.25) is 4.57 Å². The molecule has 0 aliphatic carbocycles. The van der Waals surface area contributed by atoms with Crippen LogP contribution in [0.25, 0.3) is 0 Å². The molecule has 0 atom stereocenters. The van der Waals surface area contributed by atoms with Crippen molar-refractivity contribution in [3.05, 3.63) is 0 Å². The van der Waals surface area contributed by atoms with Gasteiger partial charge in [0.2, 0.25) is 0 Å². The van der Waals surface area contributed by atoms with E-state index in [-0.39, 0.29) is 12.3 Å². The molecule has 14 heavy (non-hydrogen) atoms. The Balaban J connectivity index is 3.46. The molecule has 0 aromatic heterocycles. The highest BCUT2D eigenvalue weighted by molar-refractivity contribution is 7.51. The summed E-state index contributed by atoms with van der Waals surface area (Å²) in [5, 5.41) is 0. The highest BCUT2D eigenvalue weighted by atomic mass is 31.2. The molecule has 86 valence electrons. The van der Waals surface area contributed by atoms with Gasteiger partial charge in [-0.05, 0) is 20.9 Å². The van der Waals surface area contributed by atoms with E-state index in [4.69, 9.17) is 14.5 Å². The Hall–Kier alpha value is 0.0700.